The smallest absolute Gasteiger partial charge is 0.303 e. The van der Waals surface area contributed by atoms with Crippen LogP contribution in [0.1, 0.15) is 149 Å². The summed E-state index contributed by atoms with van der Waals surface area (Å²) in [5.74, 6) is -0.504. The minimum absolute atomic E-state index is 0.150. The molecule has 0 aliphatic carbocycles. The zero-order chi connectivity index (χ0) is 22.7. The molecule has 30 heavy (non-hydrogen) atoms. The lowest BCUT2D eigenvalue weighted by molar-refractivity contribution is -0.137. The second-order valence-corrected chi connectivity index (χ2v) is 8.60. The van der Waals surface area contributed by atoms with Gasteiger partial charge in [0.15, 0.2) is 5.78 Å². The van der Waals surface area contributed by atoms with Crippen molar-refractivity contribution < 1.29 is 14.7 Å². The van der Waals surface area contributed by atoms with E-state index in [2.05, 4.69) is 13.8 Å². The van der Waals surface area contributed by atoms with Crippen LogP contribution in [0.2, 0.25) is 0 Å². The summed E-state index contributed by atoms with van der Waals surface area (Å²) in [6.07, 6.45) is 28.6. The number of allylic oxidation sites excluding steroid dienone is 2. The molecule has 0 fully saturated rings. The molecular weight excluding hydrogens is 372 g/mol. The van der Waals surface area contributed by atoms with Gasteiger partial charge in [0.05, 0.1) is 0 Å². The minimum Gasteiger partial charge on any atom is -0.481 e. The molecule has 0 rings (SSSR count). The first kappa shape index (κ1) is 31.1. The number of hydrogen-bond acceptors (Lipinski definition) is 2. The standard InChI is InChI=1S/C18H36O2.C9H16O/c1-2-3-4-5-6-7-8-9-10-11-12-13-14-15-16-17-18(19)20;1-3-4-5-6-7-8-9(2)10/h2-17H2,1H3,(H,19,20);7-8H,3-6H2,1-2H3. The van der Waals surface area contributed by atoms with Gasteiger partial charge in [-0.1, -0.05) is 123 Å². The first-order chi connectivity index (χ1) is 14.5. The molecule has 0 aromatic heterocycles. The maximum Gasteiger partial charge on any atom is 0.303 e. The Bertz CT molecular complexity index is 388. The number of unbranched alkanes of at least 4 members (excludes halogenated alkanes) is 17. The highest BCUT2D eigenvalue weighted by Crippen LogP contribution is 2.13. The zero-order valence-electron chi connectivity index (χ0n) is 20.6. The summed E-state index contributed by atoms with van der Waals surface area (Å²) in [4.78, 5) is 20.7. The van der Waals surface area contributed by atoms with E-state index in [0.29, 0.717) is 6.42 Å². The van der Waals surface area contributed by atoms with E-state index in [1.165, 1.54) is 103 Å². The van der Waals surface area contributed by atoms with Gasteiger partial charge >= 0.3 is 5.97 Å². The average Bonchev–Trinajstić information content (AvgIpc) is 2.71. The second-order valence-electron chi connectivity index (χ2n) is 8.60. The van der Waals surface area contributed by atoms with E-state index in [1.54, 1.807) is 13.0 Å². The number of hydrogen-bond donors (Lipinski definition) is 1. The molecule has 0 saturated heterocycles. The number of carbonyl (C=O) groups excluding carboxylic acids is 1. The lowest BCUT2D eigenvalue weighted by Gasteiger charge is -2.03. The largest absolute Gasteiger partial charge is 0.481 e. The van der Waals surface area contributed by atoms with E-state index >= 15 is 0 Å². The van der Waals surface area contributed by atoms with Crippen LogP contribution < -0.4 is 0 Å². The lowest BCUT2D eigenvalue weighted by atomic mass is 10.0. The van der Waals surface area contributed by atoms with Crippen molar-refractivity contribution in [3.63, 3.8) is 0 Å². The molecular formula is C27H52O3. The minimum atomic E-state index is -0.653. The Kier molecular flexibility index (Phi) is 28.9. The van der Waals surface area contributed by atoms with Crippen LogP contribution in [0.25, 0.3) is 0 Å². The second kappa shape index (κ2) is 27.9. The number of ketones is 1. The molecule has 0 saturated carbocycles. The highest BCUT2D eigenvalue weighted by Gasteiger charge is 1.97. The molecule has 0 bridgehead atoms. The fourth-order valence-corrected chi connectivity index (χ4v) is 3.41. The molecule has 0 spiro atoms. The predicted molar refractivity (Wildman–Crippen MR) is 131 cm³/mol. The van der Waals surface area contributed by atoms with Crippen molar-refractivity contribution in [2.45, 2.75) is 149 Å². The molecule has 0 atom stereocenters. The van der Waals surface area contributed by atoms with E-state index in [1.807, 2.05) is 6.08 Å². The van der Waals surface area contributed by atoms with Gasteiger partial charge in [-0.2, -0.15) is 0 Å². The first-order valence-electron chi connectivity index (χ1n) is 12.9. The monoisotopic (exact) mass is 424 g/mol. The van der Waals surface area contributed by atoms with Gasteiger partial charge in [-0.15, -0.1) is 0 Å². The molecule has 0 unspecified atom stereocenters. The summed E-state index contributed by atoms with van der Waals surface area (Å²) in [5.41, 5.74) is 0. The number of carboxylic acids is 1. The van der Waals surface area contributed by atoms with Gasteiger partial charge in [0.2, 0.25) is 0 Å². The molecule has 3 nitrogen and oxygen atoms in total. The van der Waals surface area contributed by atoms with Gasteiger partial charge < -0.3 is 5.11 Å². The highest BCUT2D eigenvalue weighted by molar-refractivity contribution is 5.87. The van der Waals surface area contributed by atoms with E-state index in [9.17, 15) is 9.59 Å². The van der Waals surface area contributed by atoms with Gasteiger partial charge in [-0.3, -0.25) is 9.59 Å². The van der Waals surface area contributed by atoms with Crippen LogP contribution in [-0.4, -0.2) is 16.9 Å². The fourth-order valence-electron chi connectivity index (χ4n) is 3.41. The maximum atomic E-state index is 10.4. The molecule has 178 valence electrons. The SMILES string of the molecule is CCCCCC=CC(C)=O.CCCCCCCCCCCCCCCCCC(=O)O. The van der Waals surface area contributed by atoms with Crippen LogP contribution in [0.15, 0.2) is 12.2 Å². The summed E-state index contributed by atoms with van der Waals surface area (Å²) in [6, 6.07) is 0. The molecule has 0 radical (unpaired) electrons. The van der Waals surface area contributed by atoms with Crippen molar-refractivity contribution in [3.8, 4) is 0 Å². The van der Waals surface area contributed by atoms with Gasteiger partial charge in [0.25, 0.3) is 0 Å². The Morgan fingerprint density at radius 1 is 0.600 bits per heavy atom. The summed E-state index contributed by atoms with van der Waals surface area (Å²) in [5, 5.41) is 8.52. The van der Waals surface area contributed by atoms with Crippen LogP contribution in [0, 0.1) is 0 Å². The molecule has 0 heterocycles. The highest BCUT2D eigenvalue weighted by atomic mass is 16.4. The van der Waals surface area contributed by atoms with E-state index in [-0.39, 0.29) is 5.78 Å². The van der Waals surface area contributed by atoms with Crippen LogP contribution in [0.5, 0.6) is 0 Å². The van der Waals surface area contributed by atoms with Gasteiger partial charge in [0, 0.05) is 6.42 Å². The normalized spacial score (nSPS) is 10.8. The summed E-state index contributed by atoms with van der Waals surface area (Å²) in [7, 11) is 0. The molecule has 0 aromatic rings. The van der Waals surface area contributed by atoms with Gasteiger partial charge in [-0.25, -0.2) is 0 Å². The quantitative estimate of drug-likeness (QED) is 0.148. The number of aliphatic carboxylic acids is 1. The van der Waals surface area contributed by atoms with E-state index < -0.39 is 5.97 Å². The Balaban J connectivity index is 0. The third-order valence-electron chi connectivity index (χ3n) is 5.32. The maximum absolute atomic E-state index is 10.4. The molecule has 3 heteroatoms. The van der Waals surface area contributed by atoms with Gasteiger partial charge in [-0.05, 0) is 32.3 Å². The predicted octanol–water partition coefficient (Wildman–Crippen LogP) is 9.04. The van der Waals surface area contributed by atoms with E-state index in [0.717, 1.165) is 19.3 Å². The topological polar surface area (TPSA) is 54.4 Å². The third kappa shape index (κ3) is 34.4. The van der Waals surface area contributed by atoms with Crippen molar-refractivity contribution in [2.75, 3.05) is 0 Å². The summed E-state index contributed by atoms with van der Waals surface area (Å²) < 4.78 is 0. The molecule has 1 N–H and O–H groups in total. The fraction of sp³-hybridized carbons (Fsp3) is 0.852. The van der Waals surface area contributed by atoms with Crippen molar-refractivity contribution >= 4 is 11.8 Å². The molecule has 0 aliphatic rings. The van der Waals surface area contributed by atoms with Gasteiger partial charge in [0.1, 0.15) is 0 Å². The summed E-state index contributed by atoms with van der Waals surface area (Å²) >= 11 is 0. The lowest BCUT2D eigenvalue weighted by Crippen LogP contribution is -1.93. The molecule has 0 aliphatic heterocycles. The average molecular weight is 425 g/mol. The van der Waals surface area contributed by atoms with Crippen molar-refractivity contribution in [3.05, 3.63) is 12.2 Å². The van der Waals surface area contributed by atoms with Crippen LogP contribution in [0.3, 0.4) is 0 Å². The summed E-state index contributed by atoms with van der Waals surface area (Å²) in [6.45, 7) is 6.02. The third-order valence-corrected chi connectivity index (χ3v) is 5.32. The Hall–Kier alpha value is -1.12. The number of rotatable bonds is 21. The van der Waals surface area contributed by atoms with Crippen LogP contribution >= 0.6 is 0 Å². The van der Waals surface area contributed by atoms with Crippen molar-refractivity contribution in [2.24, 2.45) is 0 Å². The Morgan fingerprint density at radius 2 is 0.967 bits per heavy atom. The number of carboxylic acid groups (broad SMARTS) is 1. The first-order valence-corrected chi connectivity index (χ1v) is 12.9. The van der Waals surface area contributed by atoms with Crippen molar-refractivity contribution in [1.82, 2.24) is 0 Å². The zero-order valence-corrected chi connectivity index (χ0v) is 20.6. The Morgan fingerprint density at radius 3 is 1.33 bits per heavy atom. The van der Waals surface area contributed by atoms with E-state index in [4.69, 9.17) is 5.11 Å². The Labute approximate surface area is 188 Å². The van der Waals surface area contributed by atoms with Crippen LogP contribution in [-0.2, 0) is 9.59 Å². The van der Waals surface area contributed by atoms with Crippen LogP contribution in [0.4, 0.5) is 0 Å². The molecule has 0 amide bonds. The van der Waals surface area contributed by atoms with Crippen molar-refractivity contribution in [1.29, 1.82) is 0 Å². The number of carbonyl (C=O) groups is 2. The molecule has 0 aromatic carbocycles.